The molecule has 1 aromatic heterocycles. The molecule has 0 aliphatic rings. The van der Waals surface area contributed by atoms with Gasteiger partial charge in [-0.2, -0.15) is 0 Å². The summed E-state index contributed by atoms with van der Waals surface area (Å²) >= 11 is 1.12. The van der Waals surface area contributed by atoms with Crippen molar-refractivity contribution in [3.63, 3.8) is 0 Å². The van der Waals surface area contributed by atoms with Gasteiger partial charge in [0.1, 0.15) is 5.82 Å². The van der Waals surface area contributed by atoms with Crippen molar-refractivity contribution >= 4 is 28.8 Å². The summed E-state index contributed by atoms with van der Waals surface area (Å²) in [5, 5.41) is 9.38. The van der Waals surface area contributed by atoms with Crippen LogP contribution >= 0.6 is 11.8 Å². The van der Waals surface area contributed by atoms with Crippen LogP contribution < -0.4 is 0 Å². The third-order valence-corrected chi connectivity index (χ3v) is 3.89. The third kappa shape index (κ3) is 3.74. The van der Waals surface area contributed by atoms with Gasteiger partial charge >= 0.3 is 5.97 Å². The molecule has 1 aromatic carbocycles. The number of carbonyl (C=O) groups is 1. The van der Waals surface area contributed by atoms with E-state index < -0.39 is 5.97 Å². The van der Waals surface area contributed by atoms with Gasteiger partial charge in [0.05, 0.1) is 29.4 Å². The van der Waals surface area contributed by atoms with Crippen LogP contribution in [0.3, 0.4) is 0 Å². The van der Waals surface area contributed by atoms with Gasteiger partial charge in [-0.25, -0.2) is 9.37 Å². The minimum absolute atomic E-state index is 0.0620. The molecule has 5 nitrogen and oxygen atoms in total. The highest BCUT2D eigenvalue weighted by Gasteiger charge is 2.18. The molecule has 0 amide bonds. The van der Waals surface area contributed by atoms with Crippen LogP contribution in [0, 0.1) is 5.82 Å². The number of aromatic nitrogens is 2. The van der Waals surface area contributed by atoms with Crippen LogP contribution in [0.5, 0.6) is 0 Å². The lowest BCUT2D eigenvalue weighted by molar-refractivity contribution is -0.133. The molecule has 2 rings (SSSR count). The Balaban J connectivity index is 2.42. The number of imidazole rings is 1. The van der Waals surface area contributed by atoms with E-state index >= 15 is 0 Å². The molecule has 0 aliphatic carbocycles. The summed E-state index contributed by atoms with van der Waals surface area (Å²) in [7, 11) is 0. The van der Waals surface area contributed by atoms with Crippen molar-refractivity contribution in [1.29, 1.82) is 0 Å². The average molecular weight is 312 g/mol. The van der Waals surface area contributed by atoms with Gasteiger partial charge in [-0.05, 0) is 32.0 Å². The number of hydrogen-bond donors (Lipinski definition) is 1. The molecule has 0 aliphatic heterocycles. The van der Waals surface area contributed by atoms with Crippen LogP contribution in [-0.2, 0) is 9.53 Å². The topological polar surface area (TPSA) is 64.3 Å². The molecule has 0 saturated heterocycles. The van der Waals surface area contributed by atoms with Gasteiger partial charge in [0.25, 0.3) is 0 Å². The van der Waals surface area contributed by atoms with E-state index in [1.807, 2.05) is 18.4 Å². The Morgan fingerprint density at radius 1 is 1.57 bits per heavy atom. The maximum absolute atomic E-state index is 13.5. The minimum atomic E-state index is -0.915. The molecule has 7 heteroatoms. The van der Waals surface area contributed by atoms with E-state index in [2.05, 4.69) is 4.98 Å². The Labute approximate surface area is 126 Å². The first-order valence-corrected chi connectivity index (χ1v) is 7.61. The predicted molar refractivity (Wildman–Crippen MR) is 79.3 cm³/mol. The van der Waals surface area contributed by atoms with E-state index in [1.165, 1.54) is 12.1 Å². The summed E-state index contributed by atoms with van der Waals surface area (Å²) in [5.41, 5.74) is 1.29. The highest BCUT2D eigenvalue weighted by atomic mass is 32.2. The number of aliphatic carboxylic acids is 1. The van der Waals surface area contributed by atoms with Gasteiger partial charge in [-0.3, -0.25) is 4.79 Å². The van der Waals surface area contributed by atoms with Gasteiger partial charge in [0.15, 0.2) is 5.16 Å². The summed E-state index contributed by atoms with van der Waals surface area (Å²) in [6.07, 6.45) is 0. The van der Waals surface area contributed by atoms with Gasteiger partial charge in [0.2, 0.25) is 0 Å². The largest absolute Gasteiger partial charge is 0.481 e. The molecular formula is C14H17FN2O3S. The number of carboxylic acids is 1. The SMILES string of the molecule is CCOCC(C)n1c(SCC(=O)O)nc2ccc(F)cc21. The first-order chi connectivity index (χ1) is 10.0. The molecule has 0 radical (unpaired) electrons. The smallest absolute Gasteiger partial charge is 0.313 e. The monoisotopic (exact) mass is 312 g/mol. The van der Waals surface area contributed by atoms with E-state index in [1.54, 1.807) is 6.07 Å². The first kappa shape index (κ1) is 15.8. The standard InChI is InChI=1S/C14H17FN2O3S/c1-3-20-7-9(2)17-12-6-10(15)4-5-11(12)16-14(17)21-8-13(18)19/h4-6,9H,3,7-8H2,1-2H3,(H,18,19). The van der Waals surface area contributed by atoms with Crippen molar-refractivity contribution in [2.24, 2.45) is 0 Å². The second-order valence-electron chi connectivity index (χ2n) is 4.59. The van der Waals surface area contributed by atoms with E-state index in [-0.39, 0.29) is 17.6 Å². The van der Waals surface area contributed by atoms with Crippen molar-refractivity contribution < 1.29 is 19.0 Å². The summed E-state index contributed by atoms with van der Waals surface area (Å²) in [5.74, 6) is -1.35. The Kier molecular flexibility index (Phi) is 5.19. The van der Waals surface area contributed by atoms with Gasteiger partial charge < -0.3 is 14.4 Å². The zero-order valence-corrected chi connectivity index (χ0v) is 12.7. The Bertz CT molecular complexity index is 644. The van der Waals surface area contributed by atoms with E-state index in [4.69, 9.17) is 9.84 Å². The van der Waals surface area contributed by atoms with E-state index in [0.29, 0.717) is 29.4 Å². The predicted octanol–water partition coefficient (Wildman–Crippen LogP) is 2.95. The highest BCUT2D eigenvalue weighted by molar-refractivity contribution is 7.99. The minimum Gasteiger partial charge on any atom is -0.481 e. The first-order valence-electron chi connectivity index (χ1n) is 6.62. The van der Waals surface area contributed by atoms with Crippen LogP contribution in [0.1, 0.15) is 19.9 Å². The molecule has 1 atom stereocenters. The van der Waals surface area contributed by atoms with Crippen LogP contribution in [0.15, 0.2) is 23.4 Å². The number of fused-ring (bicyclic) bond motifs is 1. The molecular weight excluding hydrogens is 295 g/mol. The maximum Gasteiger partial charge on any atom is 0.313 e. The molecule has 1 unspecified atom stereocenters. The summed E-state index contributed by atoms with van der Waals surface area (Å²) in [6.45, 7) is 4.88. The quantitative estimate of drug-likeness (QED) is 0.796. The van der Waals surface area contributed by atoms with E-state index in [0.717, 1.165) is 11.8 Å². The Morgan fingerprint density at radius 3 is 3.00 bits per heavy atom. The molecule has 1 N–H and O–H groups in total. The van der Waals surface area contributed by atoms with Crippen LogP contribution in [0.4, 0.5) is 4.39 Å². The van der Waals surface area contributed by atoms with Gasteiger partial charge in [0, 0.05) is 6.61 Å². The molecule has 0 bridgehead atoms. The summed E-state index contributed by atoms with van der Waals surface area (Å²) in [4.78, 5) is 15.1. The molecule has 2 aromatic rings. The second-order valence-corrected chi connectivity index (χ2v) is 5.53. The van der Waals surface area contributed by atoms with Crippen molar-refractivity contribution in [3.05, 3.63) is 24.0 Å². The van der Waals surface area contributed by atoms with Crippen LogP contribution in [0.25, 0.3) is 11.0 Å². The fourth-order valence-corrected chi connectivity index (χ4v) is 2.89. The zero-order chi connectivity index (χ0) is 15.4. The lowest BCUT2D eigenvalue weighted by atomic mass is 10.3. The van der Waals surface area contributed by atoms with Crippen molar-refractivity contribution in [2.45, 2.75) is 25.0 Å². The average Bonchev–Trinajstić information content (AvgIpc) is 2.80. The van der Waals surface area contributed by atoms with Crippen LogP contribution in [0.2, 0.25) is 0 Å². The molecule has 21 heavy (non-hydrogen) atoms. The summed E-state index contributed by atoms with van der Waals surface area (Å²) < 4.78 is 20.7. The van der Waals surface area contributed by atoms with Crippen molar-refractivity contribution in [2.75, 3.05) is 19.0 Å². The molecule has 114 valence electrons. The lowest BCUT2D eigenvalue weighted by Crippen LogP contribution is -2.14. The normalized spacial score (nSPS) is 12.7. The number of thioether (sulfide) groups is 1. The molecule has 0 spiro atoms. The molecule has 0 fully saturated rings. The van der Waals surface area contributed by atoms with Crippen LogP contribution in [-0.4, -0.2) is 39.6 Å². The number of benzene rings is 1. The van der Waals surface area contributed by atoms with Gasteiger partial charge in [-0.15, -0.1) is 0 Å². The number of rotatable bonds is 7. The van der Waals surface area contributed by atoms with Gasteiger partial charge in [-0.1, -0.05) is 11.8 Å². The Hall–Kier alpha value is -1.60. The zero-order valence-electron chi connectivity index (χ0n) is 11.9. The van der Waals surface area contributed by atoms with Crippen molar-refractivity contribution in [1.82, 2.24) is 9.55 Å². The summed E-state index contributed by atoms with van der Waals surface area (Å²) in [6, 6.07) is 4.29. The number of hydrogen-bond acceptors (Lipinski definition) is 4. The highest BCUT2D eigenvalue weighted by Crippen LogP contribution is 2.28. The number of nitrogens with zero attached hydrogens (tertiary/aromatic N) is 2. The molecule has 0 saturated carbocycles. The third-order valence-electron chi connectivity index (χ3n) is 2.95. The lowest BCUT2D eigenvalue weighted by Gasteiger charge is -2.17. The van der Waals surface area contributed by atoms with Crippen molar-refractivity contribution in [3.8, 4) is 0 Å². The van der Waals surface area contributed by atoms with E-state index in [9.17, 15) is 9.18 Å². The second kappa shape index (κ2) is 6.91. The number of carboxylic acid groups (broad SMARTS) is 1. The molecule has 1 heterocycles. The number of ether oxygens (including phenoxy) is 1. The fourth-order valence-electron chi connectivity index (χ4n) is 2.06. The fraction of sp³-hybridized carbons (Fsp3) is 0.429. The maximum atomic E-state index is 13.5. The Morgan fingerprint density at radius 2 is 2.33 bits per heavy atom. The number of halogens is 1.